The van der Waals surface area contributed by atoms with E-state index in [4.69, 9.17) is 0 Å². The second-order valence-electron chi connectivity index (χ2n) is 10.5. The molecule has 3 heterocycles. The molecule has 3 aliphatic heterocycles. The molecule has 9 heteroatoms. The summed E-state index contributed by atoms with van der Waals surface area (Å²) < 4.78 is 0. The predicted molar refractivity (Wildman–Crippen MR) is 143 cm³/mol. The first-order chi connectivity index (χ1) is 18.0. The Labute approximate surface area is 217 Å². The van der Waals surface area contributed by atoms with E-state index in [1.54, 1.807) is 12.1 Å². The van der Waals surface area contributed by atoms with Crippen LogP contribution in [0.25, 0.3) is 0 Å². The van der Waals surface area contributed by atoms with Crippen molar-refractivity contribution in [3.8, 4) is 0 Å². The van der Waals surface area contributed by atoms with Gasteiger partial charge in [-0.15, -0.1) is 0 Å². The molecule has 196 valence electrons. The fourth-order valence-corrected chi connectivity index (χ4v) is 5.78. The molecule has 3 saturated heterocycles. The number of imide groups is 1. The van der Waals surface area contributed by atoms with Crippen molar-refractivity contribution >= 4 is 28.9 Å². The summed E-state index contributed by atoms with van der Waals surface area (Å²) in [6, 6.07) is 15.7. The molecule has 1 atom stereocenters. The number of piperidine rings is 3. The third kappa shape index (κ3) is 6.10. The number of benzene rings is 2. The van der Waals surface area contributed by atoms with Crippen LogP contribution in [0.1, 0.15) is 50.0 Å². The van der Waals surface area contributed by atoms with E-state index in [0.29, 0.717) is 24.8 Å². The van der Waals surface area contributed by atoms with Gasteiger partial charge in [-0.05, 0) is 74.4 Å². The molecule has 9 nitrogen and oxygen atoms in total. The van der Waals surface area contributed by atoms with Gasteiger partial charge in [0.15, 0.2) is 0 Å². The van der Waals surface area contributed by atoms with E-state index in [9.17, 15) is 19.7 Å². The number of rotatable bonds is 7. The Morgan fingerprint density at radius 1 is 0.838 bits per heavy atom. The van der Waals surface area contributed by atoms with Crippen LogP contribution in [0.4, 0.5) is 17.1 Å². The van der Waals surface area contributed by atoms with Gasteiger partial charge in [0.1, 0.15) is 0 Å². The Morgan fingerprint density at radius 2 is 1.41 bits per heavy atom. The molecule has 3 aliphatic rings. The van der Waals surface area contributed by atoms with Crippen LogP contribution in [0.15, 0.2) is 48.5 Å². The summed E-state index contributed by atoms with van der Waals surface area (Å²) in [6.45, 7) is 5.02. The van der Waals surface area contributed by atoms with Gasteiger partial charge in [0.2, 0.25) is 11.8 Å². The number of non-ortho nitro benzene ring substituents is 1. The first kappa shape index (κ1) is 25.2. The van der Waals surface area contributed by atoms with Crippen LogP contribution >= 0.6 is 0 Å². The molecule has 0 aromatic heterocycles. The molecule has 0 saturated carbocycles. The minimum Gasteiger partial charge on any atom is -0.372 e. The summed E-state index contributed by atoms with van der Waals surface area (Å²) in [5, 5.41) is 17.1. The van der Waals surface area contributed by atoms with Gasteiger partial charge in [0.25, 0.3) is 5.69 Å². The van der Waals surface area contributed by atoms with Crippen molar-refractivity contribution in [1.82, 2.24) is 10.6 Å². The molecule has 2 aromatic carbocycles. The molecule has 0 radical (unpaired) electrons. The maximum atomic E-state index is 12.1. The van der Waals surface area contributed by atoms with E-state index >= 15 is 0 Å². The molecule has 1 unspecified atom stereocenters. The van der Waals surface area contributed by atoms with Gasteiger partial charge < -0.3 is 15.1 Å². The summed E-state index contributed by atoms with van der Waals surface area (Å²) in [7, 11) is 0. The summed E-state index contributed by atoms with van der Waals surface area (Å²) in [5.74, 6) is 0.0600. The van der Waals surface area contributed by atoms with Crippen molar-refractivity contribution < 1.29 is 14.5 Å². The van der Waals surface area contributed by atoms with Gasteiger partial charge in [0.05, 0.1) is 10.8 Å². The Kier molecular flexibility index (Phi) is 7.69. The average Bonchev–Trinajstić information content (AvgIpc) is 2.93. The average molecular weight is 506 g/mol. The number of amides is 2. The molecular formula is C28H35N5O4. The number of anilines is 2. The Hall–Kier alpha value is -3.46. The smallest absolute Gasteiger partial charge is 0.269 e. The standard InChI is InChI=1S/C28H35N5O4/c34-27-10-9-26(28(35)30-27)21-1-3-23(4-2-21)32-17-13-22(14-18-32)29-19-20-11-15-31(16-12-20)24-5-7-25(8-6-24)33(36)37/h1-8,20,22,26,29H,9-19H2,(H,30,34,35). The topological polar surface area (TPSA) is 108 Å². The quantitative estimate of drug-likeness (QED) is 0.336. The number of nitro groups is 1. The number of nitro benzene ring substituents is 1. The monoisotopic (exact) mass is 505 g/mol. The molecule has 2 N–H and O–H groups in total. The van der Waals surface area contributed by atoms with Crippen LogP contribution in [-0.2, 0) is 9.59 Å². The number of hydrogen-bond acceptors (Lipinski definition) is 7. The van der Waals surface area contributed by atoms with E-state index < -0.39 is 0 Å². The lowest BCUT2D eigenvalue weighted by Gasteiger charge is -2.37. The lowest BCUT2D eigenvalue weighted by molar-refractivity contribution is -0.384. The van der Waals surface area contributed by atoms with E-state index in [2.05, 4.69) is 32.6 Å². The maximum Gasteiger partial charge on any atom is 0.269 e. The molecule has 0 aliphatic carbocycles. The van der Waals surface area contributed by atoms with Crippen LogP contribution < -0.4 is 20.4 Å². The number of carbonyl (C=O) groups is 2. The SMILES string of the molecule is O=C1CCC(c2ccc(N3CCC(NCC4CCN(c5ccc([N+](=O)[O-])cc5)CC4)CC3)cc2)C(=O)N1. The van der Waals surface area contributed by atoms with E-state index in [-0.39, 0.29) is 28.3 Å². The zero-order valence-electron chi connectivity index (χ0n) is 21.1. The van der Waals surface area contributed by atoms with Crippen molar-refractivity contribution in [2.75, 3.05) is 42.5 Å². The zero-order chi connectivity index (χ0) is 25.8. The van der Waals surface area contributed by atoms with Gasteiger partial charge in [-0.2, -0.15) is 0 Å². The summed E-state index contributed by atoms with van der Waals surface area (Å²) in [6.07, 6.45) is 5.45. The largest absolute Gasteiger partial charge is 0.372 e. The summed E-state index contributed by atoms with van der Waals surface area (Å²) in [5.41, 5.74) is 3.37. The maximum absolute atomic E-state index is 12.1. The lowest BCUT2D eigenvalue weighted by Crippen LogP contribution is -2.45. The third-order valence-electron chi connectivity index (χ3n) is 8.13. The molecule has 2 aromatic rings. The number of nitrogens with zero attached hydrogens (tertiary/aromatic N) is 3. The minimum atomic E-state index is -0.355. The Balaban J connectivity index is 1.03. The van der Waals surface area contributed by atoms with Crippen molar-refractivity contribution in [1.29, 1.82) is 0 Å². The second-order valence-corrected chi connectivity index (χ2v) is 10.5. The molecular weight excluding hydrogens is 470 g/mol. The first-order valence-corrected chi connectivity index (χ1v) is 13.4. The summed E-state index contributed by atoms with van der Waals surface area (Å²) >= 11 is 0. The van der Waals surface area contributed by atoms with Gasteiger partial charge in [0, 0.05) is 62.1 Å². The molecule has 0 bridgehead atoms. The highest BCUT2D eigenvalue weighted by atomic mass is 16.6. The highest BCUT2D eigenvalue weighted by molar-refractivity contribution is 6.00. The van der Waals surface area contributed by atoms with Gasteiger partial charge >= 0.3 is 0 Å². The minimum absolute atomic E-state index is 0.137. The molecule has 37 heavy (non-hydrogen) atoms. The van der Waals surface area contributed by atoms with Gasteiger partial charge in [-0.25, -0.2) is 0 Å². The number of carbonyl (C=O) groups excluding carboxylic acids is 2. The van der Waals surface area contributed by atoms with Crippen molar-refractivity contribution in [3.05, 3.63) is 64.2 Å². The Morgan fingerprint density at radius 3 is 1.97 bits per heavy atom. The highest BCUT2D eigenvalue weighted by Crippen LogP contribution is 2.29. The predicted octanol–water partition coefficient (Wildman–Crippen LogP) is 3.59. The van der Waals surface area contributed by atoms with Crippen molar-refractivity contribution in [2.45, 2.75) is 50.5 Å². The van der Waals surface area contributed by atoms with Crippen LogP contribution in [0.5, 0.6) is 0 Å². The molecule has 0 spiro atoms. The Bertz CT molecular complexity index is 1100. The van der Waals surface area contributed by atoms with Crippen molar-refractivity contribution in [2.24, 2.45) is 5.92 Å². The highest BCUT2D eigenvalue weighted by Gasteiger charge is 2.28. The molecule has 2 amide bonds. The fourth-order valence-electron chi connectivity index (χ4n) is 5.78. The first-order valence-electron chi connectivity index (χ1n) is 13.4. The van der Waals surface area contributed by atoms with E-state index in [1.807, 2.05) is 24.3 Å². The van der Waals surface area contributed by atoms with Crippen LogP contribution in [-0.4, -0.2) is 55.5 Å². The fraction of sp³-hybridized carbons (Fsp3) is 0.500. The zero-order valence-corrected chi connectivity index (χ0v) is 21.1. The van der Waals surface area contributed by atoms with E-state index in [1.165, 1.54) is 5.69 Å². The van der Waals surface area contributed by atoms with Gasteiger partial charge in [-0.1, -0.05) is 12.1 Å². The van der Waals surface area contributed by atoms with Crippen LogP contribution in [0.3, 0.4) is 0 Å². The second kappa shape index (κ2) is 11.3. The number of nitrogens with one attached hydrogen (secondary N) is 2. The molecule has 3 fully saturated rings. The van der Waals surface area contributed by atoms with Crippen LogP contribution in [0.2, 0.25) is 0 Å². The van der Waals surface area contributed by atoms with Gasteiger partial charge in [-0.3, -0.25) is 25.0 Å². The lowest BCUT2D eigenvalue weighted by atomic mass is 9.90. The number of hydrogen-bond donors (Lipinski definition) is 2. The molecule has 5 rings (SSSR count). The van der Waals surface area contributed by atoms with Crippen molar-refractivity contribution in [3.63, 3.8) is 0 Å². The third-order valence-corrected chi connectivity index (χ3v) is 8.13. The van der Waals surface area contributed by atoms with Crippen LogP contribution in [0, 0.1) is 16.0 Å². The normalized spacial score (nSPS) is 21.7. The summed E-state index contributed by atoms with van der Waals surface area (Å²) in [4.78, 5) is 38.8. The van der Waals surface area contributed by atoms with E-state index in [0.717, 1.165) is 69.7 Å².